The van der Waals surface area contributed by atoms with E-state index in [1.165, 1.54) is 56.9 Å². The van der Waals surface area contributed by atoms with Gasteiger partial charge in [-0.05, 0) is 89.1 Å². The second-order valence-corrected chi connectivity index (χ2v) is 19.1. The molecule has 0 heterocycles. The number of ether oxygens (including phenoxy) is 8. The van der Waals surface area contributed by atoms with E-state index in [4.69, 9.17) is 37.9 Å². The summed E-state index contributed by atoms with van der Waals surface area (Å²) in [6.45, 7) is 17.2. The molecule has 71 heavy (non-hydrogen) atoms. The van der Waals surface area contributed by atoms with Gasteiger partial charge in [0.1, 0.15) is 56.5 Å². The topological polar surface area (TPSA) is 166 Å². The highest BCUT2D eigenvalue weighted by atomic mass is 32.2. The Bertz CT molecular complexity index is 2370. The molecule has 2 unspecified atom stereocenters. The van der Waals surface area contributed by atoms with Crippen LogP contribution in [0, 0.1) is 0 Å². The van der Waals surface area contributed by atoms with Crippen LogP contribution in [0.15, 0.2) is 72.8 Å². The zero-order chi connectivity index (χ0) is 52.5. The van der Waals surface area contributed by atoms with Gasteiger partial charge in [-0.2, -0.15) is 0 Å². The Morgan fingerprint density at radius 3 is 1.01 bits per heavy atom. The fourth-order valence-corrected chi connectivity index (χ4v) is 10.7. The standard InChI is InChI=1S/C54H74N4O12S/c1-15-57(16-2,17-3)35-53(59)55-43-29-37(21-25-45(43)65-9)51(27-23-41-47(67-11)31-39(63-7)32-48(41)68-12)71(61,62)52(28-24-42-49(69-13)33-40(64-8)34-50(42)70-14)38-22-26-46(66-10)44(30-38)56-54(60)36-58(18-4,19-5)20-6/h21-34,51-52H,15-20,35-36H2,1-14H3/p+2/b27-23+,28-24+. The second-order valence-electron chi connectivity index (χ2n) is 17.0. The Balaban J connectivity index is 2.10. The van der Waals surface area contributed by atoms with Gasteiger partial charge in [-0.25, -0.2) is 8.42 Å². The lowest BCUT2D eigenvalue weighted by Crippen LogP contribution is -2.51. The van der Waals surface area contributed by atoms with Gasteiger partial charge < -0.3 is 57.5 Å². The third-order valence-electron chi connectivity index (χ3n) is 13.7. The van der Waals surface area contributed by atoms with Gasteiger partial charge in [-0.1, -0.05) is 24.3 Å². The molecule has 4 rings (SSSR count). The van der Waals surface area contributed by atoms with Crippen molar-refractivity contribution in [1.29, 1.82) is 0 Å². The normalized spacial score (nSPS) is 12.8. The molecule has 17 heteroatoms. The molecular formula is C54H76N4O12S+2. The molecule has 0 fully saturated rings. The number of nitrogens with one attached hydrogen (secondary N) is 2. The number of benzene rings is 4. The summed E-state index contributed by atoms with van der Waals surface area (Å²) in [6.07, 6.45) is 6.38. The average molecular weight is 1010 g/mol. The van der Waals surface area contributed by atoms with Crippen LogP contribution in [0.5, 0.6) is 46.0 Å². The lowest BCUT2D eigenvalue weighted by atomic mass is 10.1. The van der Waals surface area contributed by atoms with Crippen LogP contribution in [0.25, 0.3) is 12.2 Å². The molecule has 0 saturated heterocycles. The maximum atomic E-state index is 16.2. The first kappa shape index (κ1) is 57.2. The van der Waals surface area contributed by atoms with E-state index in [1.54, 1.807) is 85.0 Å². The highest BCUT2D eigenvalue weighted by Crippen LogP contribution is 2.44. The summed E-state index contributed by atoms with van der Waals surface area (Å²) in [6, 6.07) is 16.5. The molecule has 0 aromatic heterocycles. The van der Waals surface area contributed by atoms with E-state index in [0.717, 1.165) is 39.3 Å². The molecule has 0 bridgehead atoms. The smallest absolute Gasteiger partial charge is 0.279 e. The summed E-state index contributed by atoms with van der Waals surface area (Å²) in [5, 5.41) is 3.22. The summed E-state index contributed by atoms with van der Waals surface area (Å²) in [5.41, 5.74) is 2.08. The highest BCUT2D eigenvalue weighted by Gasteiger charge is 2.36. The van der Waals surface area contributed by atoms with E-state index in [1.807, 2.05) is 0 Å². The average Bonchev–Trinajstić information content (AvgIpc) is 3.39. The summed E-state index contributed by atoms with van der Waals surface area (Å²) < 4.78 is 79.1. The Hall–Kier alpha value is -6.43. The van der Waals surface area contributed by atoms with Gasteiger partial charge in [0.05, 0.1) is 119 Å². The number of anilines is 2. The molecular weight excluding hydrogens is 929 g/mol. The molecule has 0 aliphatic carbocycles. The Morgan fingerprint density at radius 1 is 0.465 bits per heavy atom. The van der Waals surface area contributed by atoms with E-state index < -0.39 is 20.3 Å². The third kappa shape index (κ3) is 13.5. The molecule has 2 amide bonds. The van der Waals surface area contributed by atoms with Crippen LogP contribution in [-0.2, 0) is 19.4 Å². The van der Waals surface area contributed by atoms with Crippen LogP contribution in [0.1, 0.15) is 74.3 Å². The first-order chi connectivity index (χ1) is 34.0. The number of sulfone groups is 1. The lowest BCUT2D eigenvalue weighted by molar-refractivity contribution is -0.915. The van der Waals surface area contributed by atoms with Crippen LogP contribution in [0.4, 0.5) is 11.4 Å². The predicted octanol–water partition coefficient (Wildman–Crippen LogP) is 9.01. The van der Waals surface area contributed by atoms with Gasteiger partial charge in [0, 0.05) is 24.3 Å². The summed E-state index contributed by atoms with van der Waals surface area (Å²) >= 11 is 0. The number of quaternary nitrogens is 2. The van der Waals surface area contributed by atoms with Gasteiger partial charge in [-0.3, -0.25) is 9.59 Å². The first-order valence-electron chi connectivity index (χ1n) is 23.9. The van der Waals surface area contributed by atoms with E-state index >= 15 is 8.42 Å². The molecule has 2 atom stereocenters. The third-order valence-corrected chi connectivity index (χ3v) is 16.0. The predicted molar refractivity (Wildman–Crippen MR) is 281 cm³/mol. The lowest BCUT2D eigenvalue weighted by Gasteiger charge is -2.35. The minimum Gasteiger partial charge on any atom is -0.496 e. The number of hydrogen-bond donors (Lipinski definition) is 2. The van der Waals surface area contributed by atoms with Crippen LogP contribution in [0.3, 0.4) is 0 Å². The van der Waals surface area contributed by atoms with Gasteiger partial charge in [0.25, 0.3) is 11.8 Å². The number of rotatable bonds is 28. The second kappa shape index (κ2) is 26.1. The monoisotopic (exact) mass is 1000 g/mol. The van der Waals surface area contributed by atoms with E-state index in [-0.39, 0.29) is 24.9 Å². The SMILES string of the molecule is CC[N+](CC)(CC)CC(=O)Nc1cc(C(/C=C/c2c(OC)cc(OC)cc2OC)S(=O)(=O)C(/C=C/c2c(OC)cc(OC)cc2OC)c2ccc(OC)c(NC(=O)C[N+](CC)(CC)CC)c2)ccc1OC. The molecule has 0 spiro atoms. The number of nitrogens with zero attached hydrogens (tertiary/aromatic N) is 2. The molecule has 4 aromatic rings. The van der Waals surface area contributed by atoms with Crippen molar-refractivity contribution in [2.75, 3.05) is 120 Å². The molecule has 4 aromatic carbocycles. The molecule has 2 N–H and O–H groups in total. The fourth-order valence-electron chi connectivity index (χ4n) is 8.74. The number of carbonyl (C=O) groups excluding carboxylic acids is 2. The number of likely N-dealkylation sites (N-methyl/N-ethyl adjacent to an activating group) is 2. The van der Waals surface area contributed by atoms with Crippen molar-refractivity contribution < 1.29 is 64.9 Å². The first-order valence-corrected chi connectivity index (χ1v) is 25.5. The van der Waals surface area contributed by atoms with E-state index in [0.29, 0.717) is 88.6 Å². The maximum Gasteiger partial charge on any atom is 0.279 e. The Kier molecular flexibility index (Phi) is 21.0. The van der Waals surface area contributed by atoms with Gasteiger partial charge >= 0.3 is 0 Å². The van der Waals surface area contributed by atoms with Crippen LogP contribution < -0.4 is 48.5 Å². The number of methoxy groups -OCH3 is 8. The van der Waals surface area contributed by atoms with Crippen molar-refractivity contribution in [3.8, 4) is 46.0 Å². The minimum atomic E-state index is -4.52. The molecule has 0 aliphatic rings. The zero-order valence-electron chi connectivity index (χ0n) is 44.1. The van der Waals surface area contributed by atoms with Gasteiger partial charge in [0.2, 0.25) is 0 Å². The Morgan fingerprint density at radius 2 is 0.761 bits per heavy atom. The quantitative estimate of drug-likeness (QED) is 0.0520. The maximum absolute atomic E-state index is 16.2. The van der Waals surface area contributed by atoms with Crippen molar-refractivity contribution in [3.63, 3.8) is 0 Å². The molecule has 0 aliphatic heterocycles. The van der Waals surface area contributed by atoms with Gasteiger partial charge in [-0.15, -0.1) is 0 Å². The summed E-state index contributed by atoms with van der Waals surface area (Å²) in [7, 11) is 7.47. The Labute approximate surface area is 421 Å². The molecule has 388 valence electrons. The van der Waals surface area contributed by atoms with Crippen molar-refractivity contribution >= 4 is 45.2 Å². The van der Waals surface area contributed by atoms with E-state index in [9.17, 15) is 9.59 Å². The number of amides is 2. The van der Waals surface area contributed by atoms with Crippen molar-refractivity contribution in [2.45, 2.75) is 52.0 Å². The molecule has 0 saturated carbocycles. The van der Waals surface area contributed by atoms with Crippen LogP contribution in [0.2, 0.25) is 0 Å². The van der Waals surface area contributed by atoms with E-state index in [2.05, 4.69) is 52.2 Å². The summed E-state index contributed by atoms with van der Waals surface area (Å²) in [4.78, 5) is 27.7. The fraction of sp³-hybridized carbons (Fsp3) is 0.444. The molecule has 16 nitrogen and oxygen atoms in total. The summed E-state index contributed by atoms with van der Waals surface area (Å²) in [5.74, 6) is 2.56. The highest BCUT2D eigenvalue weighted by molar-refractivity contribution is 7.92. The van der Waals surface area contributed by atoms with Crippen LogP contribution in [-0.4, -0.2) is 138 Å². The zero-order valence-corrected chi connectivity index (χ0v) is 44.9. The van der Waals surface area contributed by atoms with Gasteiger partial charge in [0.15, 0.2) is 22.9 Å². The van der Waals surface area contributed by atoms with Crippen LogP contribution >= 0.6 is 0 Å². The largest absolute Gasteiger partial charge is 0.496 e. The van der Waals surface area contributed by atoms with Crippen molar-refractivity contribution in [1.82, 2.24) is 0 Å². The molecule has 0 radical (unpaired) electrons. The number of carbonyl (C=O) groups is 2. The van der Waals surface area contributed by atoms with Crippen molar-refractivity contribution in [3.05, 3.63) is 95.1 Å². The van der Waals surface area contributed by atoms with Crippen molar-refractivity contribution in [2.24, 2.45) is 0 Å². The number of hydrogen-bond acceptors (Lipinski definition) is 12. The minimum absolute atomic E-state index is 0.201.